The highest BCUT2D eigenvalue weighted by Gasteiger charge is 2.31. The van der Waals surface area contributed by atoms with E-state index in [4.69, 9.17) is 25.8 Å². The fourth-order valence-corrected chi connectivity index (χ4v) is 4.52. The van der Waals surface area contributed by atoms with Crippen LogP contribution in [0.15, 0.2) is 80.0 Å². The number of ether oxygens (including phenoxy) is 3. The Morgan fingerprint density at radius 1 is 1.08 bits per heavy atom. The lowest BCUT2D eigenvalue weighted by Crippen LogP contribution is -2.55. The third kappa shape index (κ3) is 4.89. The Labute approximate surface area is 228 Å². The van der Waals surface area contributed by atoms with E-state index in [1.165, 1.54) is 12.4 Å². The molecular weight excluding hydrogens is 520 g/mol. The zero-order valence-electron chi connectivity index (χ0n) is 20.9. The number of likely N-dealkylation sites (tertiary alicyclic amines) is 1. The third-order valence-corrected chi connectivity index (χ3v) is 6.64. The molecule has 39 heavy (non-hydrogen) atoms. The first-order valence-electron chi connectivity index (χ1n) is 12.1. The first-order chi connectivity index (χ1) is 19.0. The summed E-state index contributed by atoms with van der Waals surface area (Å²) in [5.41, 5.74) is 2.17. The fourth-order valence-electron chi connectivity index (χ4n) is 4.30. The van der Waals surface area contributed by atoms with Crippen molar-refractivity contribution in [1.29, 1.82) is 0 Å². The number of methoxy groups -OCH3 is 1. The normalized spacial score (nSPS) is 13.2. The molecule has 0 aliphatic carbocycles. The smallest absolute Gasteiger partial charge is 0.246 e. The first kappa shape index (κ1) is 24.5. The lowest BCUT2D eigenvalue weighted by Gasteiger charge is -2.38. The maximum Gasteiger partial charge on any atom is 0.246 e. The molecule has 0 saturated carbocycles. The van der Waals surface area contributed by atoms with Gasteiger partial charge in [-0.2, -0.15) is 0 Å². The van der Waals surface area contributed by atoms with Crippen LogP contribution in [-0.4, -0.2) is 56.5 Å². The van der Waals surface area contributed by atoms with E-state index in [0.717, 1.165) is 11.0 Å². The molecule has 1 amide bonds. The average molecular weight is 543 g/mol. The number of halogens is 1. The summed E-state index contributed by atoms with van der Waals surface area (Å²) >= 11 is 6.56. The van der Waals surface area contributed by atoms with Gasteiger partial charge in [-0.25, -0.2) is 15.0 Å². The molecule has 1 aliphatic rings. The van der Waals surface area contributed by atoms with Crippen LogP contribution in [0.1, 0.15) is 0 Å². The fraction of sp³-hybridized carbons (Fsp3) is 0.143. The van der Waals surface area contributed by atoms with Crippen molar-refractivity contribution in [3.63, 3.8) is 0 Å². The summed E-state index contributed by atoms with van der Waals surface area (Å²) in [7, 11) is 1.57. The number of nitrogens with one attached hydrogen (secondary N) is 1. The highest BCUT2D eigenvalue weighted by molar-refractivity contribution is 6.32. The van der Waals surface area contributed by atoms with Crippen molar-refractivity contribution >= 4 is 45.6 Å². The number of aromatic nitrogens is 4. The van der Waals surface area contributed by atoms with Crippen molar-refractivity contribution in [3.8, 4) is 23.0 Å². The molecule has 10 nitrogen and oxygen atoms in total. The van der Waals surface area contributed by atoms with Crippen LogP contribution in [0.5, 0.6) is 23.0 Å². The zero-order chi connectivity index (χ0) is 26.9. The minimum atomic E-state index is -0.151. The van der Waals surface area contributed by atoms with Crippen molar-refractivity contribution in [1.82, 2.24) is 24.3 Å². The van der Waals surface area contributed by atoms with Crippen molar-refractivity contribution in [2.24, 2.45) is 0 Å². The van der Waals surface area contributed by atoms with E-state index in [2.05, 4.69) is 26.8 Å². The Balaban J connectivity index is 1.22. The van der Waals surface area contributed by atoms with Crippen molar-refractivity contribution < 1.29 is 19.0 Å². The molecule has 5 aromatic rings. The van der Waals surface area contributed by atoms with Gasteiger partial charge in [0.2, 0.25) is 5.91 Å². The lowest BCUT2D eigenvalue weighted by molar-refractivity contribution is -0.134. The molecule has 0 bridgehead atoms. The molecule has 3 aromatic heterocycles. The second-order valence-electron chi connectivity index (χ2n) is 8.86. The Morgan fingerprint density at radius 3 is 2.74 bits per heavy atom. The van der Waals surface area contributed by atoms with E-state index < -0.39 is 0 Å². The number of fused-ring (bicyclic) bond motifs is 2. The van der Waals surface area contributed by atoms with E-state index in [1.807, 2.05) is 41.1 Å². The topological polar surface area (TPSA) is 103 Å². The number of carbonyl (C=O) groups is 1. The van der Waals surface area contributed by atoms with Gasteiger partial charge in [-0.3, -0.25) is 4.79 Å². The molecule has 0 spiro atoms. The van der Waals surface area contributed by atoms with Crippen LogP contribution in [0.4, 0.5) is 11.5 Å². The van der Waals surface area contributed by atoms with Crippen LogP contribution in [0, 0.1) is 0 Å². The SMILES string of the molecule is C=CC(=O)N1CC(Oc2cc3c(Nc4ccc(Oc5ccn6ccnc6c5)c(Cl)c4)ncnc3cc2OC)C1. The molecule has 0 unspecified atom stereocenters. The zero-order valence-corrected chi connectivity index (χ0v) is 21.6. The van der Waals surface area contributed by atoms with Crippen molar-refractivity contribution in [3.05, 3.63) is 85.1 Å². The maximum absolute atomic E-state index is 11.8. The summed E-state index contributed by atoms with van der Waals surface area (Å²) in [4.78, 5) is 26.5. The van der Waals surface area contributed by atoms with Gasteiger partial charge in [0.25, 0.3) is 0 Å². The Bertz CT molecular complexity index is 1720. The number of amides is 1. The number of imidazole rings is 1. The summed E-state index contributed by atoms with van der Waals surface area (Å²) < 4.78 is 19.6. The summed E-state index contributed by atoms with van der Waals surface area (Å²) in [5, 5.41) is 4.47. The molecule has 11 heteroatoms. The Morgan fingerprint density at radius 2 is 1.95 bits per heavy atom. The molecule has 1 aliphatic heterocycles. The summed E-state index contributed by atoms with van der Waals surface area (Å²) in [6.45, 7) is 4.48. The van der Waals surface area contributed by atoms with Crippen LogP contribution >= 0.6 is 11.6 Å². The van der Waals surface area contributed by atoms with Crippen LogP contribution in [0.3, 0.4) is 0 Å². The van der Waals surface area contributed by atoms with Gasteiger partial charge in [-0.1, -0.05) is 18.2 Å². The maximum atomic E-state index is 11.8. The number of hydrogen-bond donors (Lipinski definition) is 1. The van der Waals surface area contributed by atoms with Gasteiger partial charge in [0.1, 0.15) is 35.4 Å². The van der Waals surface area contributed by atoms with Crippen LogP contribution in [0.2, 0.25) is 5.02 Å². The molecule has 6 rings (SSSR count). The minimum absolute atomic E-state index is 0.116. The Kier molecular flexibility index (Phi) is 6.37. The molecule has 1 fully saturated rings. The molecule has 4 heterocycles. The standard InChI is InChI=1S/C28H23ClN6O4/c1-3-27(36)35-14-19(15-35)39-25-12-20-22(13-24(25)37-2)31-16-32-28(20)33-17-4-5-23(21(29)10-17)38-18-6-8-34-9-7-30-26(34)11-18/h3-13,16,19H,1,14-15H2,2H3,(H,31,32,33). The quantitative estimate of drug-likeness (QED) is 0.265. The van der Waals surface area contributed by atoms with Gasteiger partial charge in [0, 0.05) is 41.8 Å². The van der Waals surface area contributed by atoms with Crippen LogP contribution in [0.25, 0.3) is 16.6 Å². The predicted octanol–water partition coefficient (Wildman–Crippen LogP) is 5.25. The second kappa shape index (κ2) is 10.1. The van der Waals surface area contributed by atoms with Crippen molar-refractivity contribution in [2.45, 2.75) is 6.10 Å². The molecule has 0 atom stereocenters. The van der Waals surface area contributed by atoms with Gasteiger partial charge in [-0.05, 0) is 36.4 Å². The first-order valence-corrected chi connectivity index (χ1v) is 12.5. The number of anilines is 2. The molecule has 1 saturated heterocycles. The molecule has 196 valence electrons. The van der Waals surface area contributed by atoms with Crippen LogP contribution < -0.4 is 19.5 Å². The third-order valence-electron chi connectivity index (χ3n) is 6.34. The van der Waals surface area contributed by atoms with Gasteiger partial charge in [0.15, 0.2) is 11.5 Å². The monoisotopic (exact) mass is 542 g/mol. The van der Waals surface area contributed by atoms with Gasteiger partial charge < -0.3 is 28.8 Å². The largest absolute Gasteiger partial charge is 0.493 e. The predicted molar refractivity (Wildman–Crippen MR) is 147 cm³/mol. The molecular formula is C28H23ClN6O4. The number of benzene rings is 2. The summed E-state index contributed by atoms with van der Waals surface area (Å²) in [6.07, 6.45) is 8.08. The van der Waals surface area contributed by atoms with E-state index in [-0.39, 0.29) is 12.0 Å². The molecule has 2 aromatic carbocycles. The minimum Gasteiger partial charge on any atom is -0.493 e. The molecule has 0 radical (unpaired) electrons. The van der Waals surface area contributed by atoms with Gasteiger partial charge in [-0.15, -0.1) is 0 Å². The Hall–Kier alpha value is -4.83. The lowest BCUT2D eigenvalue weighted by atomic mass is 10.1. The number of pyridine rings is 1. The summed E-state index contributed by atoms with van der Waals surface area (Å²) in [6, 6.07) is 12.7. The van der Waals surface area contributed by atoms with E-state index in [0.29, 0.717) is 58.1 Å². The van der Waals surface area contributed by atoms with Crippen LogP contribution in [-0.2, 0) is 4.79 Å². The summed E-state index contributed by atoms with van der Waals surface area (Å²) in [5.74, 6) is 2.67. The highest BCUT2D eigenvalue weighted by atomic mass is 35.5. The van der Waals surface area contributed by atoms with E-state index in [1.54, 1.807) is 36.4 Å². The number of carbonyl (C=O) groups excluding carboxylic acids is 1. The van der Waals surface area contributed by atoms with Gasteiger partial charge >= 0.3 is 0 Å². The number of rotatable bonds is 8. The number of hydrogen-bond acceptors (Lipinski definition) is 8. The highest BCUT2D eigenvalue weighted by Crippen LogP contribution is 2.37. The molecule has 1 N–H and O–H groups in total. The van der Waals surface area contributed by atoms with E-state index >= 15 is 0 Å². The van der Waals surface area contributed by atoms with E-state index in [9.17, 15) is 4.79 Å². The van der Waals surface area contributed by atoms with Crippen molar-refractivity contribution in [2.75, 3.05) is 25.5 Å². The average Bonchev–Trinajstić information content (AvgIpc) is 3.39. The number of nitrogens with zero attached hydrogens (tertiary/aromatic N) is 5. The second-order valence-corrected chi connectivity index (χ2v) is 9.26. The van der Waals surface area contributed by atoms with Gasteiger partial charge in [0.05, 0.1) is 30.7 Å².